The maximum atomic E-state index is 4.37. The summed E-state index contributed by atoms with van der Waals surface area (Å²) in [5, 5.41) is 7.49. The Morgan fingerprint density at radius 2 is 2.28 bits per heavy atom. The number of hydrogen-bond donors (Lipinski definition) is 1. The quantitative estimate of drug-likeness (QED) is 0.802. The van der Waals surface area contributed by atoms with Gasteiger partial charge >= 0.3 is 0 Å². The number of nitrogens with one attached hydrogen (secondary N) is 1. The van der Waals surface area contributed by atoms with Crippen LogP contribution in [0.15, 0.2) is 35.2 Å². The van der Waals surface area contributed by atoms with E-state index in [4.69, 9.17) is 0 Å². The standard InChI is InChI=1S/C11H11BrN6/c1-17-5-4-13-10(17)6-14-11-15-9-3-2-8(12)7-18(9)16-11/h2-5,7H,6H2,1H3,(H,14,16). The minimum Gasteiger partial charge on any atom is -0.346 e. The van der Waals surface area contributed by atoms with Gasteiger partial charge in [-0.3, -0.25) is 0 Å². The van der Waals surface area contributed by atoms with Crippen molar-refractivity contribution in [3.8, 4) is 0 Å². The van der Waals surface area contributed by atoms with E-state index in [2.05, 4.69) is 36.3 Å². The van der Waals surface area contributed by atoms with Crippen molar-refractivity contribution in [1.29, 1.82) is 0 Å². The highest BCUT2D eigenvalue weighted by Gasteiger charge is 2.04. The molecule has 6 nitrogen and oxygen atoms in total. The molecule has 0 saturated carbocycles. The second-order valence-electron chi connectivity index (χ2n) is 3.89. The number of anilines is 1. The fourth-order valence-electron chi connectivity index (χ4n) is 1.66. The van der Waals surface area contributed by atoms with Crippen LogP contribution in [0.1, 0.15) is 5.82 Å². The molecular weight excluding hydrogens is 296 g/mol. The van der Waals surface area contributed by atoms with Crippen LogP contribution in [-0.4, -0.2) is 24.1 Å². The van der Waals surface area contributed by atoms with Gasteiger partial charge in [0.05, 0.1) is 6.54 Å². The Balaban J connectivity index is 1.81. The van der Waals surface area contributed by atoms with Crippen LogP contribution >= 0.6 is 15.9 Å². The highest BCUT2D eigenvalue weighted by molar-refractivity contribution is 9.10. The summed E-state index contributed by atoms with van der Waals surface area (Å²) >= 11 is 3.40. The first-order valence-corrected chi connectivity index (χ1v) is 6.24. The summed E-state index contributed by atoms with van der Waals surface area (Å²) in [4.78, 5) is 8.60. The van der Waals surface area contributed by atoms with Gasteiger partial charge < -0.3 is 9.88 Å². The molecule has 0 unspecified atom stereocenters. The van der Waals surface area contributed by atoms with Crippen LogP contribution in [0.25, 0.3) is 5.65 Å². The molecule has 0 aliphatic carbocycles. The van der Waals surface area contributed by atoms with E-state index in [0.717, 1.165) is 15.9 Å². The predicted octanol–water partition coefficient (Wildman–Crippen LogP) is 1.84. The number of aryl methyl sites for hydroxylation is 1. The Morgan fingerprint density at radius 3 is 3.06 bits per heavy atom. The second kappa shape index (κ2) is 4.41. The van der Waals surface area contributed by atoms with E-state index in [1.54, 1.807) is 10.7 Å². The van der Waals surface area contributed by atoms with Gasteiger partial charge in [-0.05, 0) is 28.1 Å². The summed E-state index contributed by atoms with van der Waals surface area (Å²) in [6, 6.07) is 3.84. The van der Waals surface area contributed by atoms with E-state index in [-0.39, 0.29) is 0 Å². The Kier molecular flexibility index (Phi) is 2.75. The van der Waals surface area contributed by atoms with Gasteiger partial charge in [0, 0.05) is 30.1 Å². The van der Waals surface area contributed by atoms with Crippen LogP contribution in [0.3, 0.4) is 0 Å². The maximum absolute atomic E-state index is 4.37. The normalized spacial score (nSPS) is 11.0. The fourth-order valence-corrected chi connectivity index (χ4v) is 1.98. The molecule has 0 saturated heterocycles. The molecule has 0 atom stereocenters. The zero-order chi connectivity index (χ0) is 12.5. The number of halogens is 1. The number of aromatic nitrogens is 5. The third-order valence-electron chi connectivity index (χ3n) is 2.62. The van der Waals surface area contributed by atoms with Crippen LogP contribution in [0, 0.1) is 0 Å². The summed E-state index contributed by atoms with van der Waals surface area (Å²) in [5.74, 6) is 1.53. The van der Waals surface area contributed by atoms with Gasteiger partial charge in [0.2, 0.25) is 5.95 Å². The Morgan fingerprint density at radius 1 is 1.39 bits per heavy atom. The largest absolute Gasteiger partial charge is 0.346 e. The molecule has 0 radical (unpaired) electrons. The zero-order valence-electron chi connectivity index (χ0n) is 9.71. The lowest BCUT2D eigenvalue weighted by Gasteiger charge is -2.01. The Labute approximate surface area is 112 Å². The van der Waals surface area contributed by atoms with Gasteiger partial charge in [0.25, 0.3) is 0 Å². The number of pyridine rings is 1. The fraction of sp³-hybridized carbons (Fsp3) is 0.182. The SMILES string of the molecule is Cn1ccnc1CNc1nc2ccc(Br)cn2n1. The summed E-state index contributed by atoms with van der Waals surface area (Å²) in [6.07, 6.45) is 5.55. The van der Waals surface area contributed by atoms with Crippen LogP contribution in [0.5, 0.6) is 0 Å². The molecule has 18 heavy (non-hydrogen) atoms. The molecule has 3 aromatic rings. The van der Waals surface area contributed by atoms with Gasteiger partial charge in [-0.25, -0.2) is 9.50 Å². The molecular formula is C11H11BrN6. The Bertz CT molecular complexity index is 686. The lowest BCUT2D eigenvalue weighted by Crippen LogP contribution is -2.06. The van der Waals surface area contributed by atoms with Gasteiger partial charge in [-0.15, -0.1) is 5.10 Å². The van der Waals surface area contributed by atoms with Crippen molar-refractivity contribution in [2.45, 2.75) is 6.54 Å². The van der Waals surface area contributed by atoms with Crippen LogP contribution < -0.4 is 5.32 Å². The number of fused-ring (bicyclic) bond motifs is 1. The van der Waals surface area contributed by atoms with Crippen LogP contribution in [-0.2, 0) is 13.6 Å². The summed E-state index contributed by atoms with van der Waals surface area (Å²) in [6.45, 7) is 0.599. The molecule has 0 aliphatic heterocycles. The summed E-state index contributed by atoms with van der Waals surface area (Å²) < 4.78 is 4.65. The van der Waals surface area contributed by atoms with Crippen molar-refractivity contribution in [1.82, 2.24) is 24.1 Å². The lowest BCUT2D eigenvalue weighted by atomic mass is 10.5. The maximum Gasteiger partial charge on any atom is 0.243 e. The van der Waals surface area contributed by atoms with E-state index in [1.165, 1.54) is 0 Å². The molecule has 0 spiro atoms. The minimum atomic E-state index is 0.594. The van der Waals surface area contributed by atoms with Crippen LogP contribution in [0.2, 0.25) is 0 Å². The first kappa shape index (κ1) is 11.2. The zero-order valence-corrected chi connectivity index (χ0v) is 11.3. The molecule has 0 bridgehead atoms. The minimum absolute atomic E-state index is 0.594. The molecule has 3 heterocycles. The smallest absolute Gasteiger partial charge is 0.243 e. The molecule has 3 aromatic heterocycles. The van der Waals surface area contributed by atoms with Crippen molar-refractivity contribution in [3.05, 3.63) is 41.0 Å². The monoisotopic (exact) mass is 306 g/mol. The topological polar surface area (TPSA) is 60.0 Å². The molecule has 1 N–H and O–H groups in total. The second-order valence-corrected chi connectivity index (χ2v) is 4.81. The van der Waals surface area contributed by atoms with Gasteiger partial charge in [-0.1, -0.05) is 0 Å². The number of nitrogens with zero attached hydrogens (tertiary/aromatic N) is 5. The van der Waals surface area contributed by atoms with E-state index < -0.39 is 0 Å². The number of hydrogen-bond acceptors (Lipinski definition) is 4. The highest BCUT2D eigenvalue weighted by Crippen LogP contribution is 2.12. The summed E-state index contributed by atoms with van der Waals surface area (Å²) in [7, 11) is 1.96. The Hall–Kier alpha value is -1.89. The summed E-state index contributed by atoms with van der Waals surface area (Å²) in [5.41, 5.74) is 0.806. The van der Waals surface area contributed by atoms with Gasteiger partial charge in [0.1, 0.15) is 5.82 Å². The van der Waals surface area contributed by atoms with E-state index in [1.807, 2.05) is 36.1 Å². The van der Waals surface area contributed by atoms with Gasteiger partial charge in [0.15, 0.2) is 5.65 Å². The molecule has 3 rings (SSSR count). The predicted molar refractivity (Wildman–Crippen MR) is 71.2 cm³/mol. The molecule has 0 fully saturated rings. The molecule has 7 heteroatoms. The number of imidazole rings is 1. The van der Waals surface area contributed by atoms with Crippen molar-refractivity contribution in [2.24, 2.45) is 7.05 Å². The van der Waals surface area contributed by atoms with E-state index in [9.17, 15) is 0 Å². The first-order chi connectivity index (χ1) is 8.72. The molecule has 0 amide bonds. The third kappa shape index (κ3) is 2.08. The van der Waals surface area contributed by atoms with Crippen molar-refractivity contribution in [2.75, 3.05) is 5.32 Å². The van der Waals surface area contributed by atoms with E-state index >= 15 is 0 Å². The molecule has 0 aromatic carbocycles. The van der Waals surface area contributed by atoms with Crippen molar-refractivity contribution >= 4 is 27.5 Å². The van der Waals surface area contributed by atoms with Gasteiger partial charge in [-0.2, -0.15) is 4.98 Å². The van der Waals surface area contributed by atoms with E-state index in [0.29, 0.717) is 12.5 Å². The molecule has 0 aliphatic rings. The van der Waals surface area contributed by atoms with Crippen molar-refractivity contribution < 1.29 is 0 Å². The third-order valence-corrected chi connectivity index (χ3v) is 3.09. The molecule has 92 valence electrons. The first-order valence-electron chi connectivity index (χ1n) is 5.44. The lowest BCUT2D eigenvalue weighted by molar-refractivity contribution is 0.807. The highest BCUT2D eigenvalue weighted by atomic mass is 79.9. The van der Waals surface area contributed by atoms with Crippen LogP contribution in [0.4, 0.5) is 5.95 Å². The number of rotatable bonds is 3. The average Bonchev–Trinajstić information content (AvgIpc) is 2.92. The van der Waals surface area contributed by atoms with Crippen molar-refractivity contribution in [3.63, 3.8) is 0 Å². The average molecular weight is 307 g/mol.